The van der Waals surface area contributed by atoms with Gasteiger partial charge in [0.2, 0.25) is 0 Å². The summed E-state index contributed by atoms with van der Waals surface area (Å²) in [6, 6.07) is 5.09. The molecular formula is C14H8Cl2F3N3O. The number of pyridine rings is 1. The summed E-state index contributed by atoms with van der Waals surface area (Å²) >= 11 is 11.5. The van der Waals surface area contributed by atoms with E-state index in [0.717, 1.165) is 24.3 Å². The average molecular weight is 362 g/mol. The molecule has 0 unspecified atom stereocenters. The number of rotatable bonds is 2. The highest BCUT2D eigenvalue weighted by atomic mass is 35.5. The molecular weight excluding hydrogens is 354 g/mol. The van der Waals surface area contributed by atoms with Crippen LogP contribution in [0.25, 0.3) is 0 Å². The lowest BCUT2D eigenvalue weighted by molar-refractivity contribution is -0.137. The van der Waals surface area contributed by atoms with E-state index < -0.39 is 17.6 Å². The third-order valence-corrected chi connectivity index (χ3v) is 3.30. The molecule has 0 aliphatic heterocycles. The number of nitrogens with zero attached hydrogens (tertiary/aromatic N) is 1. The smallest absolute Gasteiger partial charge is 0.306 e. The molecule has 0 saturated carbocycles. The molecule has 0 atom stereocenters. The van der Waals surface area contributed by atoms with Gasteiger partial charge >= 0.3 is 6.18 Å². The number of halogens is 5. The number of aromatic nitrogens is 1. The van der Waals surface area contributed by atoms with E-state index >= 15 is 0 Å². The average Bonchev–Trinajstić information content (AvgIpc) is 2.48. The van der Waals surface area contributed by atoms with Gasteiger partial charge in [0, 0.05) is 11.8 Å². The van der Waals surface area contributed by atoms with E-state index in [4.69, 9.17) is 28.6 Å². The zero-order valence-corrected chi connectivity index (χ0v) is 12.7. The molecule has 4 nitrogen and oxygen atoms in total. The molecule has 0 bridgehead atoms. The summed E-state index contributed by atoms with van der Waals surface area (Å²) in [7, 11) is 0. The van der Waals surface area contributed by atoms with Crippen LogP contribution in [0.4, 0.5) is 13.2 Å². The van der Waals surface area contributed by atoms with Crippen LogP contribution >= 0.6 is 23.2 Å². The van der Waals surface area contributed by atoms with Gasteiger partial charge in [0.15, 0.2) is 0 Å². The van der Waals surface area contributed by atoms with E-state index in [1.54, 1.807) is 0 Å². The van der Waals surface area contributed by atoms with Crippen LogP contribution in [0.1, 0.15) is 21.5 Å². The molecule has 0 aliphatic carbocycles. The first-order valence-electron chi connectivity index (χ1n) is 6.07. The van der Waals surface area contributed by atoms with Crippen molar-refractivity contribution in [1.82, 2.24) is 10.3 Å². The Labute approximate surface area is 138 Å². The molecule has 1 amide bonds. The summed E-state index contributed by atoms with van der Waals surface area (Å²) in [6.07, 6.45) is -3.22. The molecule has 0 aliphatic rings. The van der Waals surface area contributed by atoms with Crippen molar-refractivity contribution >= 4 is 34.9 Å². The van der Waals surface area contributed by atoms with Crippen molar-refractivity contribution in [2.75, 3.05) is 0 Å². The third-order valence-electron chi connectivity index (χ3n) is 2.79. The predicted octanol–water partition coefficient (Wildman–Crippen LogP) is 4.16. The molecule has 0 saturated heterocycles. The van der Waals surface area contributed by atoms with Gasteiger partial charge in [0.05, 0.1) is 16.1 Å². The first-order valence-corrected chi connectivity index (χ1v) is 6.82. The lowest BCUT2D eigenvalue weighted by Crippen LogP contribution is -2.30. The topological polar surface area (TPSA) is 65.8 Å². The van der Waals surface area contributed by atoms with E-state index in [-0.39, 0.29) is 27.1 Å². The standard InChI is InChI=1S/C14H8Cl2F3N3O/c15-9-5-10(11(16)21-6-9)13(23)22-12(20)7-1-3-8(4-2-7)14(17,18)19/h1-6H,(H2,20,22,23). The number of hydrogen-bond donors (Lipinski definition) is 2. The van der Waals surface area contributed by atoms with E-state index in [0.29, 0.717) is 0 Å². The molecule has 2 N–H and O–H groups in total. The largest absolute Gasteiger partial charge is 0.416 e. The van der Waals surface area contributed by atoms with Crippen LogP contribution in [0.3, 0.4) is 0 Å². The van der Waals surface area contributed by atoms with Crippen LogP contribution in [0, 0.1) is 5.41 Å². The number of nitrogens with one attached hydrogen (secondary N) is 2. The van der Waals surface area contributed by atoms with Crippen molar-refractivity contribution < 1.29 is 18.0 Å². The molecule has 1 aromatic heterocycles. The fourth-order valence-electron chi connectivity index (χ4n) is 1.66. The van der Waals surface area contributed by atoms with Crippen LogP contribution in [-0.2, 0) is 6.18 Å². The Balaban J connectivity index is 2.15. The SMILES string of the molecule is N=C(NC(=O)c1cc(Cl)cnc1Cl)c1ccc(C(F)(F)F)cc1. The number of carbonyl (C=O) groups is 1. The summed E-state index contributed by atoms with van der Waals surface area (Å²) < 4.78 is 37.4. The lowest BCUT2D eigenvalue weighted by Gasteiger charge is -2.10. The molecule has 1 heterocycles. The molecule has 0 spiro atoms. The predicted molar refractivity (Wildman–Crippen MR) is 80.0 cm³/mol. The molecule has 0 fully saturated rings. The molecule has 0 radical (unpaired) electrons. The lowest BCUT2D eigenvalue weighted by atomic mass is 10.1. The first-order chi connectivity index (χ1) is 10.7. The highest BCUT2D eigenvalue weighted by molar-refractivity contribution is 6.35. The Morgan fingerprint density at radius 3 is 2.35 bits per heavy atom. The number of carbonyl (C=O) groups excluding carboxylic acids is 1. The summed E-state index contributed by atoms with van der Waals surface area (Å²) in [5, 5.41) is 10.0. The van der Waals surface area contributed by atoms with Crippen LogP contribution in [0.15, 0.2) is 36.5 Å². The number of amides is 1. The van der Waals surface area contributed by atoms with Gasteiger partial charge in [-0.15, -0.1) is 0 Å². The van der Waals surface area contributed by atoms with Crippen molar-refractivity contribution in [1.29, 1.82) is 5.41 Å². The van der Waals surface area contributed by atoms with Crippen LogP contribution in [-0.4, -0.2) is 16.7 Å². The zero-order valence-electron chi connectivity index (χ0n) is 11.2. The summed E-state index contributed by atoms with van der Waals surface area (Å²) in [4.78, 5) is 15.7. The summed E-state index contributed by atoms with van der Waals surface area (Å²) in [5.41, 5.74) is -0.782. The highest BCUT2D eigenvalue weighted by Crippen LogP contribution is 2.29. The minimum Gasteiger partial charge on any atom is -0.306 e. The second-order valence-electron chi connectivity index (χ2n) is 4.40. The van der Waals surface area contributed by atoms with Crippen molar-refractivity contribution in [3.05, 3.63) is 63.4 Å². The second kappa shape index (κ2) is 6.55. The van der Waals surface area contributed by atoms with E-state index in [1.165, 1.54) is 12.3 Å². The Bertz CT molecular complexity index is 761. The van der Waals surface area contributed by atoms with Crippen LogP contribution in [0.2, 0.25) is 10.2 Å². The van der Waals surface area contributed by atoms with Crippen molar-refractivity contribution in [2.45, 2.75) is 6.18 Å². The molecule has 120 valence electrons. The van der Waals surface area contributed by atoms with Gasteiger partial charge in [-0.25, -0.2) is 4.98 Å². The Kier molecular flexibility index (Phi) is 4.91. The van der Waals surface area contributed by atoms with Crippen molar-refractivity contribution in [3.63, 3.8) is 0 Å². The zero-order chi connectivity index (χ0) is 17.2. The van der Waals surface area contributed by atoms with Gasteiger partial charge in [-0.05, 0) is 18.2 Å². The van der Waals surface area contributed by atoms with Crippen molar-refractivity contribution in [2.24, 2.45) is 0 Å². The van der Waals surface area contributed by atoms with Gasteiger partial charge in [-0.3, -0.25) is 10.2 Å². The highest BCUT2D eigenvalue weighted by Gasteiger charge is 2.30. The van der Waals surface area contributed by atoms with Gasteiger partial charge in [0.25, 0.3) is 5.91 Å². The fourth-order valence-corrected chi connectivity index (χ4v) is 2.01. The monoisotopic (exact) mass is 361 g/mol. The fraction of sp³-hybridized carbons (Fsp3) is 0.0714. The third kappa shape index (κ3) is 4.20. The molecule has 2 rings (SSSR count). The normalized spacial score (nSPS) is 11.2. The van der Waals surface area contributed by atoms with Gasteiger partial charge in [0.1, 0.15) is 11.0 Å². The molecule has 23 heavy (non-hydrogen) atoms. The number of hydrogen-bond acceptors (Lipinski definition) is 3. The van der Waals surface area contributed by atoms with E-state index in [9.17, 15) is 18.0 Å². The van der Waals surface area contributed by atoms with Crippen molar-refractivity contribution in [3.8, 4) is 0 Å². The number of amidine groups is 1. The Hall–Kier alpha value is -2.12. The summed E-state index contributed by atoms with van der Waals surface area (Å²) in [6.45, 7) is 0. The molecule has 2 aromatic rings. The second-order valence-corrected chi connectivity index (χ2v) is 5.19. The van der Waals surface area contributed by atoms with Crippen LogP contribution < -0.4 is 5.32 Å². The van der Waals surface area contributed by atoms with Gasteiger partial charge in [-0.2, -0.15) is 13.2 Å². The Morgan fingerprint density at radius 2 is 1.78 bits per heavy atom. The maximum Gasteiger partial charge on any atom is 0.416 e. The maximum absolute atomic E-state index is 12.5. The number of benzene rings is 1. The Morgan fingerprint density at radius 1 is 1.17 bits per heavy atom. The van der Waals surface area contributed by atoms with Gasteiger partial charge < -0.3 is 5.32 Å². The first kappa shape index (κ1) is 17.2. The molecule has 1 aromatic carbocycles. The quantitative estimate of drug-likeness (QED) is 0.479. The van der Waals surface area contributed by atoms with Crippen LogP contribution in [0.5, 0.6) is 0 Å². The summed E-state index contributed by atoms with van der Waals surface area (Å²) in [5.74, 6) is -1.12. The minimum absolute atomic E-state index is 0.0455. The number of alkyl halides is 3. The van der Waals surface area contributed by atoms with E-state index in [1.807, 2.05) is 0 Å². The minimum atomic E-state index is -4.47. The van der Waals surface area contributed by atoms with E-state index in [2.05, 4.69) is 10.3 Å². The van der Waals surface area contributed by atoms with Gasteiger partial charge in [-0.1, -0.05) is 35.3 Å². The molecule has 9 heteroatoms. The maximum atomic E-state index is 12.5.